The second kappa shape index (κ2) is 8.49. The molecule has 0 saturated heterocycles. The highest BCUT2D eigenvalue weighted by Gasteiger charge is 2.48. The predicted octanol–water partition coefficient (Wildman–Crippen LogP) is 5.32. The van der Waals surface area contributed by atoms with Crippen LogP contribution in [0.1, 0.15) is 39.5 Å². The van der Waals surface area contributed by atoms with Crippen LogP contribution in [0.25, 0.3) is 0 Å². The molecular formula is C25H29FN2O3S. The fourth-order valence-corrected chi connectivity index (χ4v) is 5.99. The Morgan fingerprint density at radius 1 is 1.31 bits per heavy atom. The van der Waals surface area contributed by atoms with Gasteiger partial charge in [0, 0.05) is 11.1 Å². The lowest BCUT2D eigenvalue weighted by Crippen LogP contribution is -2.42. The van der Waals surface area contributed by atoms with E-state index >= 15 is 0 Å². The summed E-state index contributed by atoms with van der Waals surface area (Å²) in [6.45, 7) is 4.56. The zero-order chi connectivity index (χ0) is 23.1. The van der Waals surface area contributed by atoms with Crippen molar-refractivity contribution in [2.24, 2.45) is 23.2 Å². The van der Waals surface area contributed by atoms with Crippen molar-refractivity contribution in [3.63, 3.8) is 0 Å². The molecule has 170 valence electrons. The Bertz CT molecular complexity index is 1140. The molecule has 0 radical (unpaired) electrons. The summed E-state index contributed by atoms with van der Waals surface area (Å²) in [5, 5.41) is 13.2. The van der Waals surface area contributed by atoms with Gasteiger partial charge in [-0.1, -0.05) is 31.1 Å². The number of benzene rings is 1. The summed E-state index contributed by atoms with van der Waals surface area (Å²) in [6.07, 6.45) is 8.78. The van der Waals surface area contributed by atoms with Gasteiger partial charge in [0.25, 0.3) is 10.1 Å². The third-order valence-electron chi connectivity index (χ3n) is 7.33. The van der Waals surface area contributed by atoms with Crippen LogP contribution in [0.5, 0.6) is 0 Å². The first-order valence-corrected chi connectivity index (χ1v) is 12.8. The van der Waals surface area contributed by atoms with E-state index in [1.807, 2.05) is 0 Å². The van der Waals surface area contributed by atoms with Crippen molar-refractivity contribution in [1.82, 2.24) is 0 Å². The largest absolute Gasteiger partial charge is 0.355 e. The fourth-order valence-electron chi connectivity index (χ4n) is 5.58. The molecule has 0 bridgehead atoms. The molecule has 1 N–H and O–H groups in total. The second-order valence-corrected chi connectivity index (χ2v) is 11.1. The average molecular weight is 457 g/mol. The Labute approximate surface area is 189 Å². The summed E-state index contributed by atoms with van der Waals surface area (Å²) in [7, 11) is -3.49. The Kier molecular flexibility index (Phi) is 6.04. The summed E-state index contributed by atoms with van der Waals surface area (Å²) in [6, 6.07) is 8.49. The molecule has 4 unspecified atom stereocenters. The van der Waals surface area contributed by atoms with Crippen LogP contribution in [0.4, 0.5) is 10.1 Å². The van der Waals surface area contributed by atoms with E-state index in [2.05, 4.69) is 37.4 Å². The van der Waals surface area contributed by atoms with Crippen molar-refractivity contribution in [2.75, 3.05) is 18.2 Å². The third kappa shape index (κ3) is 4.39. The lowest BCUT2D eigenvalue weighted by molar-refractivity contribution is 0.125. The van der Waals surface area contributed by atoms with Gasteiger partial charge in [0.15, 0.2) is 0 Å². The van der Waals surface area contributed by atoms with Crippen LogP contribution in [0.3, 0.4) is 0 Å². The van der Waals surface area contributed by atoms with Crippen molar-refractivity contribution in [2.45, 2.75) is 39.5 Å². The number of allylic oxidation sites excluding steroid dienone is 5. The smallest absolute Gasteiger partial charge is 0.264 e. The maximum absolute atomic E-state index is 13.3. The molecule has 3 aliphatic rings. The van der Waals surface area contributed by atoms with Crippen LogP contribution in [-0.4, -0.2) is 21.3 Å². The molecule has 1 saturated carbocycles. The number of hydrogen-bond acceptors (Lipinski definition) is 5. The molecule has 5 nitrogen and oxygen atoms in total. The average Bonchev–Trinajstić information content (AvgIpc) is 2.73. The number of anilines is 1. The molecule has 32 heavy (non-hydrogen) atoms. The van der Waals surface area contributed by atoms with Gasteiger partial charge in [-0.05, 0) is 73.8 Å². The van der Waals surface area contributed by atoms with Gasteiger partial charge in [0.05, 0.1) is 30.2 Å². The Balaban J connectivity index is 1.62. The van der Waals surface area contributed by atoms with Crippen molar-refractivity contribution < 1.29 is 17.0 Å². The minimum atomic E-state index is -3.49. The fraction of sp³-hybridized carbons (Fsp3) is 0.480. The lowest BCUT2D eigenvalue weighted by atomic mass is 9.54. The molecule has 0 aromatic heterocycles. The van der Waals surface area contributed by atoms with E-state index in [0.717, 1.165) is 36.9 Å². The van der Waals surface area contributed by atoms with Crippen molar-refractivity contribution >= 4 is 15.8 Å². The second-order valence-electron chi connectivity index (χ2n) is 9.48. The van der Waals surface area contributed by atoms with E-state index in [1.165, 1.54) is 23.3 Å². The molecule has 3 aliphatic carbocycles. The SMILES string of the molecule is CC1CC=C2C(CCC3=CC(Nc4ccc(F)cc4)=C(C#N)CC32C)C1COS(C)(=O)=O. The highest BCUT2D eigenvalue weighted by atomic mass is 32.2. The number of fused-ring (bicyclic) bond motifs is 3. The lowest BCUT2D eigenvalue weighted by Gasteiger charge is -2.50. The normalized spacial score (nSPS) is 29.9. The Hall–Kier alpha value is -2.43. The first-order valence-electron chi connectivity index (χ1n) is 11.0. The molecule has 0 heterocycles. The minimum Gasteiger partial charge on any atom is -0.355 e. The monoisotopic (exact) mass is 456 g/mol. The zero-order valence-corrected chi connectivity index (χ0v) is 19.5. The molecule has 1 aromatic rings. The summed E-state index contributed by atoms with van der Waals surface area (Å²) >= 11 is 0. The van der Waals surface area contributed by atoms with Gasteiger partial charge in [0.1, 0.15) is 5.82 Å². The Morgan fingerprint density at radius 3 is 2.69 bits per heavy atom. The quantitative estimate of drug-likeness (QED) is 0.479. The van der Waals surface area contributed by atoms with Crippen LogP contribution in [0.15, 0.2) is 58.8 Å². The Morgan fingerprint density at radius 2 is 2.03 bits per heavy atom. The van der Waals surface area contributed by atoms with Crippen molar-refractivity contribution in [3.05, 3.63) is 64.7 Å². The van der Waals surface area contributed by atoms with Crippen molar-refractivity contribution in [1.29, 1.82) is 5.26 Å². The first-order chi connectivity index (χ1) is 15.1. The van der Waals surface area contributed by atoms with Gasteiger partial charge >= 0.3 is 0 Å². The predicted molar refractivity (Wildman–Crippen MR) is 122 cm³/mol. The molecule has 7 heteroatoms. The van der Waals surface area contributed by atoms with Gasteiger partial charge in [-0.3, -0.25) is 4.18 Å². The molecular weight excluding hydrogens is 427 g/mol. The highest BCUT2D eigenvalue weighted by Crippen LogP contribution is 2.57. The molecule has 1 aromatic carbocycles. The van der Waals surface area contributed by atoms with E-state index in [0.29, 0.717) is 17.9 Å². The maximum atomic E-state index is 13.3. The van der Waals surface area contributed by atoms with Crippen LogP contribution in [0.2, 0.25) is 0 Å². The van der Waals surface area contributed by atoms with Gasteiger partial charge in [-0.2, -0.15) is 13.7 Å². The molecule has 1 fully saturated rings. The van der Waals surface area contributed by atoms with Gasteiger partial charge in [-0.25, -0.2) is 4.39 Å². The van der Waals surface area contributed by atoms with Crippen LogP contribution in [-0.2, 0) is 14.3 Å². The number of nitriles is 1. The molecule has 0 amide bonds. The number of hydrogen-bond donors (Lipinski definition) is 1. The molecule has 0 spiro atoms. The first kappa shape index (κ1) is 22.8. The van der Waals surface area contributed by atoms with E-state index < -0.39 is 10.1 Å². The van der Waals surface area contributed by atoms with Crippen LogP contribution < -0.4 is 5.32 Å². The molecule has 4 atom stereocenters. The third-order valence-corrected chi connectivity index (χ3v) is 7.90. The summed E-state index contributed by atoms with van der Waals surface area (Å²) in [4.78, 5) is 0. The van der Waals surface area contributed by atoms with E-state index in [1.54, 1.807) is 12.1 Å². The highest BCUT2D eigenvalue weighted by molar-refractivity contribution is 7.85. The molecule has 4 rings (SSSR count). The van der Waals surface area contributed by atoms with Gasteiger partial charge in [-0.15, -0.1) is 0 Å². The van der Waals surface area contributed by atoms with Crippen LogP contribution in [0, 0.1) is 40.3 Å². The number of rotatable bonds is 5. The van der Waals surface area contributed by atoms with Gasteiger partial charge < -0.3 is 5.32 Å². The van der Waals surface area contributed by atoms with Crippen molar-refractivity contribution in [3.8, 4) is 6.07 Å². The number of nitrogens with zero attached hydrogens (tertiary/aromatic N) is 1. The summed E-state index contributed by atoms with van der Waals surface area (Å²) in [5.74, 6) is 0.418. The summed E-state index contributed by atoms with van der Waals surface area (Å²) in [5.41, 5.74) is 4.51. The van der Waals surface area contributed by atoms with Gasteiger partial charge in [0.2, 0.25) is 0 Å². The van der Waals surface area contributed by atoms with Crippen LogP contribution >= 0.6 is 0 Å². The molecule has 0 aliphatic heterocycles. The topological polar surface area (TPSA) is 79.2 Å². The zero-order valence-electron chi connectivity index (χ0n) is 18.7. The number of halogens is 1. The standard InChI is InChI=1S/C25H29FN2O3S/c1-16-4-11-23-21(22(16)15-31-32(3,29)30)10-5-18-12-24(17(14-27)13-25(18,23)2)28-20-8-6-19(26)7-9-20/h6-9,11-12,16,21-22,28H,4-5,10,13,15H2,1-3H3. The van der Waals surface area contributed by atoms with E-state index in [9.17, 15) is 18.1 Å². The van der Waals surface area contributed by atoms with E-state index in [-0.39, 0.29) is 29.7 Å². The maximum Gasteiger partial charge on any atom is 0.264 e. The summed E-state index contributed by atoms with van der Waals surface area (Å²) < 4.78 is 41.7. The minimum absolute atomic E-state index is 0.136. The number of nitrogens with one attached hydrogen (secondary N) is 1. The van der Waals surface area contributed by atoms with E-state index in [4.69, 9.17) is 4.18 Å².